The molecule has 0 unspecified atom stereocenters. The summed E-state index contributed by atoms with van der Waals surface area (Å²) in [5.41, 5.74) is 2.22. The number of benzene rings is 2. The Hall–Kier alpha value is -2.93. The fourth-order valence-electron chi connectivity index (χ4n) is 3.35. The number of hydrogen-bond acceptors (Lipinski definition) is 2. The normalized spacial score (nSPS) is 15.2. The van der Waals surface area contributed by atoms with Crippen LogP contribution >= 0.6 is 0 Å². The van der Waals surface area contributed by atoms with Crippen LogP contribution in [-0.2, 0) is 13.0 Å². The number of nitrogens with zero attached hydrogens (tertiary/aromatic N) is 2. The van der Waals surface area contributed by atoms with Crippen LogP contribution in [0.5, 0.6) is 0 Å². The fraction of sp³-hybridized carbons (Fsp3) is 0.273. The zero-order valence-electron chi connectivity index (χ0n) is 14.8. The number of aromatic nitrogens is 2. The van der Waals surface area contributed by atoms with Crippen molar-refractivity contribution in [3.8, 4) is 11.8 Å². The van der Waals surface area contributed by atoms with Gasteiger partial charge in [0, 0.05) is 24.1 Å². The van der Waals surface area contributed by atoms with E-state index in [2.05, 4.69) is 25.7 Å². The number of hydrogen-bond donors (Lipinski definition) is 0. The third-order valence-corrected chi connectivity index (χ3v) is 4.86. The maximum Gasteiger partial charge on any atom is 0.261 e. The molecule has 0 spiro atoms. The molecule has 0 saturated heterocycles. The minimum Gasteiger partial charge on any atom is -0.296 e. The van der Waals surface area contributed by atoms with Crippen LogP contribution in [-0.4, -0.2) is 9.55 Å². The first-order valence-corrected chi connectivity index (χ1v) is 8.72. The number of halogens is 1. The second-order valence-electron chi connectivity index (χ2n) is 7.57. The average molecular weight is 346 g/mol. The third-order valence-electron chi connectivity index (χ3n) is 4.86. The van der Waals surface area contributed by atoms with E-state index in [0.29, 0.717) is 23.0 Å². The highest BCUT2D eigenvalue weighted by Crippen LogP contribution is 2.30. The lowest BCUT2D eigenvalue weighted by atomic mass is 9.83. The molecule has 1 aliphatic heterocycles. The molecule has 26 heavy (non-hydrogen) atoms. The first-order chi connectivity index (χ1) is 12.4. The van der Waals surface area contributed by atoms with Gasteiger partial charge in [0.25, 0.3) is 5.56 Å². The van der Waals surface area contributed by atoms with Gasteiger partial charge in [-0.25, -0.2) is 9.37 Å². The zero-order valence-corrected chi connectivity index (χ0v) is 14.8. The quantitative estimate of drug-likeness (QED) is 0.579. The maximum atomic E-state index is 13.3. The lowest BCUT2D eigenvalue weighted by Crippen LogP contribution is -2.35. The van der Waals surface area contributed by atoms with Crippen LogP contribution in [0.4, 0.5) is 4.39 Å². The summed E-state index contributed by atoms with van der Waals surface area (Å²) in [5.74, 6) is 6.52. The van der Waals surface area contributed by atoms with Crippen LogP contribution < -0.4 is 5.56 Å². The van der Waals surface area contributed by atoms with Crippen molar-refractivity contribution < 1.29 is 4.39 Å². The van der Waals surface area contributed by atoms with Gasteiger partial charge in [0.15, 0.2) is 0 Å². The molecule has 1 aromatic heterocycles. The van der Waals surface area contributed by atoms with Gasteiger partial charge in [0.2, 0.25) is 0 Å². The molecule has 130 valence electrons. The van der Waals surface area contributed by atoms with Crippen LogP contribution in [0.25, 0.3) is 10.9 Å². The van der Waals surface area contributed by atoms with Gasteiger partial charge in [-0.2, -0.15) is 0 Å². The van der Waals surface area contributed by atoms with Gasteiger partial charge in [-0.3, -0.25) is 9.36 Å². The summed E-state index contributed by atoms with van der Waals surface area (Å²) in [5, 5.41) is 0.616. The molecule has 2 heterocycles. The van der Waals surface area contributed by atoms with Crippen LogP contribution in [0, 0.1) is 23.1 Å². The summed E-state index contributed by atoms with van der Waals surface area (Å²) in [4.78, 5) is 17.5. The van der Waals surface area contributed by atoms with E-state index in [1.165, 1.54) is 12.1 Å². The molecule has 1 aliphatic rings. The van der Waals surface area contributed by atoms with Crippen LogP contribution in [0.2, 0.25) is 0 Å². The van der Waals surface area contributed by atoms with Crippen molar-refractivity contribution in [2.75, 3.05) is 0 Å². The summed E-state index contributed by atoms with van der Waals surface area (Å²) >= 11 is 0. The van der Waals surface area contributed by atoms with Crippen LogP contribution in [0.3, 0.4) is 0 Å². The van der Waals surface area contributed by atoms with Gasteiger partial charge >= 0.3 is 0 Å². The molecular weight excluding hydrogens is 327 g/mol. The molecule has 0 fully saturated rings. The van der Waals surface area contributed by atoms with Crippen molar-refractivity contribution in [2.45, 2.75) is 33.2 Å². The van der Waals surface area contributed by atoms with Crippen LogP contribution in [0.15, 0.2) is 47.3 Å². The van der Waals surface area contributed by atoms with E-state index in [1.807, 2.05) is 12.1 Å². The summed E-state index contributed by atoms with van der Waals surface area (Å²) in [6.45, 7) is 5.12. The number of rotatable bonds is 0. The summed E-state index contributed by atoms with van der Waals surface area (Å²) in [6, 6.07) is 11.6. The summed E-state index contributed by atoms with van der Waals surface area (Å²) < 4.78 is 15.1. The fourth-order valence-corrected chi connectivity index (χ4v) is 3.35. The van der Waals surface area contributed by atoms with Gasteiger partial charge in [-0.15, -0.1) is 0 Å². The minimum absolute atomic E-state index is 0.0186. The second kappa shape index (κ2) is 6.10. The minimum atomic E-state index is -0.306. The molecule has 3 nitrogen and oxygen atoms in total. The molecule has 0 amide bonds. The molecule has 0 saturated carbocycles. The molecule has 0 aliphatic carbocycles. The van der Waals surface area contributed by atoms with E-state index in [0.717, 1.165) is 24.2 Å². The first-order valence-electron chi connectivity index (χ1n) is 8.72. The molecule has 0 N–H and O–H groups in total. The third kappa shape index (κ3) is 3.13. The van der Waals surface area contributed by atoms with E-state index in [1.54, 1.807) is 22.8 Å². The van der Waals surface area contributed by atoms with Gasteiger partial charge in [-0.1, -0.05) is 31.8 Å². The monoisotopic (exact) mass is 346 g/mol. The Bertz CT molecular complexity index is 1130. The Labute approximate surface area is 151 Å². The molecule has 0 radical (unpaired) electrons. The summed E-state index contributed by atoms with van der Waals surface area (Å²) in [7, 11) is 0. The SMILES string of the molecule is CC1(C)CCn2c(nc3cc(C#Cc4cccc(F)c4)ccc3c2=O)C1. The Morgan fingerprint density at radius 3 is 2.65 bits per heavy atom. The van der Waals surface area contributed by atoms with E-state index >= 15 is 0 Å². The lowest BCUT2D eigenvalue weighted by molar-refractivity contribution is 0.261. The largest absolute Gasteiger partial charge is 0.296 e. The van der Waals surface area contributed by atoms with E-state index in [9.17, 15) is 9.18 Å². The van der Waals surface area contributed by atoms with E-state index in [4.69, 9.17) is 4.98 Å². The Morgan fingerprint density at radius 2 is 1.88 bits per heavy atom. The smallest absolute Gasteiger partial charge is 0.261 e. The van der Waals surface area contributed by atoms with Gasteiger partial charge in [0.1, 0.15) is 11.6 Å². The highest BCUT2D eigenvalue weighted by Gasteiger charge is 2.27. The lowest BCUT2D eigenvalue weighted by Gasteiger charge is -2.31. The van der Waals surface area contributed by atoms with Crippen molar-refractivity contribution in [3.63, 3.8) is 0 Å². The maximum absolute atomic E-state index is 13.3. The van der Waals surface area contributed by atoms with Crippen molar-refractivity contribution in [2.24, 2.45) is 5.41 Å². The molecule has 0 atom stereocenters. The van der Waals surface area contributed by atoms with Crippen molar-refractivity contribution in [1.29, 1.82) is 0 Å². The van der Waals surface area contributed by atoms with Crippen molar-refractivity contribution in [1.82, 2.24) is 9.55 Å². The standard InChI is InChI=1S/C22H19FN2O/c1-22(2)10-11-25-20(14-22)24-19-13-16(8-9-18(19)21(25)26)7-6-15-4-3-5-17(23)12-15/h3-5,8-9,12-13H,10-11,14H2,1-2H3. The first kappa shape index (κ1) is 16.5. The van der Waals surface area contributed by atoms with E-state index < -0.39 is 0 Å². The predicted molar refractivity (Wildman–Crippen MR) is 100 cm³/mol. The van der Waals surface area contributed by atoms with Gasteiger partial charge < -0.3 is 0 Å². The number of fused-ring (bicyclic) bond motifs is 2. The Balaban J connectivity index is 1.77. The molecule has 3 aromatic rings. The molecule has 0 bridgehead atoms. The van der Waals surface area contributed by atoms with Crippen molar-refractivity contribution in [3.05, 3.63) is 75.6 Å². The molecule has 4 heteroatoms. The van der Waals surface area contributed by atoms with Crippen LogP contribution in [0.1, 0.15) is 37.2 Å². The second-order valence-corrected chi connectivity index (χ2v) is 7.57. The van der Waals surface area contributed by atoms with Crippen molar-refractivity contribution >= 4 is 10.9 Å². The topological polar surface area (TPSA) is 34.9 Å². The Kier molecular flexibility index (Phi) is 3.88. The van der Waals surface area contributed by atoms with E-state index in [-0.39, 0.29) is 16.8 Å². The molecule has 4 rings (SSSR count). The van der Waals surface area contributed by atoms with Gasteiger partial charge in [0.05, 0.1) is 10.9 Å². The van der Waals surface area contributed by atoms with Gasteiger partial charge in [-0.05, 0) is 48.2 Å². The highest BCUT2D eigenvalue weighted by molar-refractivity contribution is 5.79. The molecule has 2 aromatic carbocycles. The highest BCUT2D eigenvalue weighted by atomic mass is 19.1. The average Bonchev–Trinajstić information content (AvgIpc) is 2.59. The summed E-state index contributed by atoms with van der Waals surface area (Å²) in [6.07, 6.45) is 1.77. The zero-order chi connectivity index (χ0) is 18.3. The predicted octanol–water partition coefficient (Wildman–Crippen LogP) is 3.91. The Morgan fingerprint density at radius 1 is 1.12 bits per heavy atom. The molecular formula is C22H19FN2O.